The molecule has 3 aromatic rings. The molecule has 5 rings (SSSR count). The molecule has 0 radical (unpaired) electrons. The van der Waals surface area contributed by atoms with E-state index in [1.165, 1.54) is 6.42 Å². The minimum Gasteiger partial charge on any atom is -0.460 e. The molecule has 1 aromatic heterocycles. The molecule has 0 unspecified atom stereocenters. The Labute approximate surface area is 245 Å². The number of benzene rings is 2. The first-order valence-corrected chi connectivity index (χ1v) is 15.3. The van der Waals surface area contributed by atoms with Crippen LogP contribution in [0.2, 0.25) is 0 Å². The number of fused-ring (bicyclic) bond motifs is 3. The van der Waals surface area contributed by atoms with Gasteiger partial charge >= 0.3 is 12.1 Å². The fraction of sp³-hybridized carbons (Fsp3) is 0.484. The Morgan fingerprint density at radius 1 is 1.10 bits per heavy atom. The minimum absolute atomic E-state index is 0.0265. The number of rotatable bonds is 10. The van der Waals surface area contributed by atoms with Crippen LogP contribution in [-0.4, -0.2) is 57.3 Å². The van der Waals surface area contributed by atoms with Gasteiger partial charge in [0.1, 0.15) is 17.6 Å². The van der Waals surface area contributed by atoms with E-state index in [1.54, 1.807) is 16.4 Å². The Morgan fingerprint density at radius 3 is 2.46 bits per heavy atom. The fourth-order valence-electron chi connectivity index (χ4n) is 5.29. The van der Waals surface area contributed by atoms with Gasteiger partial charge in [0.05, 0.1) is 24.7 Å². The Hall–Kier alpha value is -3.37. The highest BCUT2D eigenvalue weighted by atomic mass is 32.2. The van der Waals surface area contributed by atoms with Gasteiger partial charge in [0.2, 0.25) is 0 Å². The van der Waals surface area contributed by atoms with E-state index in [-0.39, 0.29) is 30.9 Å². The van der Waals surface area contributed by atoms with Crippen molar-refractivity contribution in [3.63, 3.8) is 0 Å². The van der Waals surface area contributed by atoms with Crippen LogP contribution in [-0.2, 0) is 31.3 Å². The molecule has 2 heterocycles. The smallest absolute Gasteiger partial charge is 0.407 e. The highest BCUT2D eigenvalue weighted by Crippen LogP contribution is 2.44. The molecular formula is C31H38N4O5S. The summed E-state index contributed by atoms with van der Waals surface area (Å²) < 4.78 is 18.7. The van der Waals surface area contributed by atoms with Crippen molar-refractivity contribution in [2.75, 3.05) is 13.2 Å². The highest BCUT2D eigenvalue weighted by Gasteiger charge is 2.30. The summed E-state index contributed by atoms with van der Waals surface area (Å²) in [5.74, 6) is 0.217. The number of carbonyl (C=O) groups is 2. The normalized spacial score (nSPS) is 17.4. The van der Waals surface area contributed by atoms with E-state index in [9.17, 15) is 9.59 Å². The van der Waals surface area contributed by atoms with Crippen LogP contribution >= 0.6 is 11.8 Å². The van der Waals surface area contributed by atoms with Crippen LogP contribution in [0.25, 0.3) is 11.1 Å². The molecule has 1 N–H and O–H groups in total. The van der Waals surface area contributed by atoms with Gasteiger partial charge in [-0.3, -0.25) is 9.48 Å². The highest BCUT2D eigenvalue weighted by molar-refractivity contribution is 7.99. The number of aromatic nitrogens is 3. The lowest BCUT2D eigenvalue weighted by Crippen LogP contribution is -2.41. The molecule has 218 valence electrons. The fourth-order valence-corrected chi connectivity index (χ4v) is 6.31. The number of amides is 1. The third kappa shape index (κ3) is 7.89. The van der Waals surface area contributed by atoms with Crippen molar-refractivity contribution in [1.29, 1.82) is 0 Å². The summed E-state index contributed by atoms with van der Waals surface area (Å²) in [6, 6.07) is 15.8. The van der Waals surface area contributed by atoms with Gasteiger partial charge in [-0.1, -0.05) is 53.7 Å². The van der Waals surface area contributed by atoms with Crippen molar-refractivity contribution >= 4 is 23.8 Å². The van der Waals surface area contributed by atoms with Crippen LogP contribution in [0.5, 0.6) is 0 Å². The molecule has 1 aliphatic heterocycles. The lowest BCUT2D eigenvalue weighted by molar-refractivity contribution is -0.155. The number of esters is 1. The van der Waals surface area contributed by atoms with Gasteiger partial charge in [0.15, 0.2) is 0 Å². The molecule has 2 aromatic carbocycles. The summed E-state index contributed by atoms with van der Waals surface area (Å²) >= 11 is 1.72. The van der Waals surface area contributed by atoms with E-state index in [0.717, 1.165) is 47.4 Å². The van der Waals surface area contributed by atoms with Gasteiger partial charge in [0, 0.05) is 24.5 Å². The van der Waals surface area contributed by atoms with Gasteiger partial charge in [-0.25, -0.2) is 4.79 Å². The molecule has 1 saturated heterocycles. The van der Waals surface area contributed by atoms with E-state index in [0.29, 0.717) is 5.75 Å². The van der Waals surface area contributed by atoms with Crippen molar-refractivity contribution in [2.24, 2.45) is 0 Å². The monoisotopic (exact) mass is 578 g/mol. The maximum absolute atomic E-state index is 13.0. The van der Waals surface area contributed by atoms with Crippen molar-refractivity contribution in [3.05, 3.63) is 71.5 Å². The zero-order chi connectivity index (χ0) is 28.8. The van der Waals surface area contributed by atoms with Gasteiger partial charge in [0.25, 0.3) is 0 Å². The molecule has 0 spiro atoms. The number of nitrogens with zero attached hydrogens (tertiary/aromatic N) is 3. The van der Waals surface area contributed by atoms with E-state index in [1.807, 2.05) is 51.2 Å². The predicted molar refractivity (Wildman–Crippen MR) is 157 cm³/mol. The van der Waals surface area contributed by atoms with Gasteiger partial charge < -0.3 is 19.5 Å². The summed E-state index contributed by atoms with van der Waals surface area (Å²) in [5, 5.41) is 11.4. The number of nitrogens with one attached hydrogen (secondary N) is 1. The lowest BCUT2D eigenvalue weighted by Gasteiger charge is -2.23. The second-order valence-electron chi connectivity index (χ2n) is 11.5. The molecule has 1 fully saturated rings. The van der Waals surface area contributed by atoms with E-state index < -0.39 is 23.7 Å². The van der Waals surface area contributed by atoms with Crippen LogP contribution < -0.4 is 5.32 Å². The van der Waals surface area contributed by atoms with Gasteiger partial charge in [-0.2, -0.15) is 0 Å². The second-order valence-corrected chi connectivity index (χ2v) is 12.6. The molecule has 1 aliphatic carbocycles. The van der Waals surface area contributed by atoms with Crippen LogP contribution in [0.1, 0.15) is 69.2 Å². The molecular weight excluding hydrogens is 540 g/mol. The van der Waals surface area contributed by atoms with Crippen molar-refractivity contribution in [3.8, 4) is 11.1 Å². The topological polar surface area (TPSA) is 105 Å². The number of hydrogen-bond donors (Lipinski definition) is 1. The number of alkyl carbamates (subject to hydrolysis) is 1. The maximum Gasteiger partial charge on any atom is 0.407 e. The number of hydrogen-bond acceptors (Lipinski definition) is 8. The molecule has 41 heavy (non-hydrogen) atoms. The average Bonchev–Trinajstić information content (AvgIpc) is 3.52. The van der Waals surface area contributed by atoms with E-state index in [4.69, 9.17) is 14.2 Å². The van der Waals surface area contributed by atoms with Crippen LogP contribution in [0.3, 0.4) is 0 Å². The van der Waals surface area contributed by atoms with E-state index >= 15 is 0 Å². The minimum atomic E-state index is -0.635. The Kier molecular flexibility index (Phi) is 9.29. The Bertz CT molecular complexity index is 1300. The summed E-state index contributed by atoms with van der Waals surface area (Å²) in [7, 11) is 0. The summed E-state index contributed by atoms with van der Waals surface area (Å²) in [6.45, 7) is 6.69. The van der Waals surface area contributed by atoms with Crippen molar-refractivity contribution < 1.29 is 23.8 Å². The SMILES string of the molecule is CC(C)(C)OC(=O)C[C@@H](Cn1cc(CS[C@H]2CCCCO2)nn1)NC(=O)OCC1c2ccccc2-c2ccccc21. The Balaban J connectivity index is 1.21. The summed E-state index contributed by atoms with van der Waals surface area (Å²) in [4.78, 5) is 25.7. The third-order valence-electron chi connectivity index (χ3n) is 7.05. The zero-order valence-corrected chi connectivity index (χ0v) is 24.7. The lowest BCUT2D eigenvalue weighted by atomic mass is 9.98. The van der Waals surface area contributed by atoms with Crippen LogP contribution in [0.15, 0.2) is 54.7 Å². The summed E-state index contributed by atoms with van der Waals surface area (Å²) in [5.41, 5.74) is 4.97. The maximum atomic E-state index is 13.0. The van der Waals surface area contributed by atoms with Gasteiger partial charge in [-0.15, -0.1) is 16.9 Å². The van der Waals surface area contributed by atoms with E-state index in [2.05, 4.69) is 39.9 Å². The quantitative estimate of drug-likeness (QED) is 0.307. The largest absolute Gasteiger partial charge is 0.460 e. The molecule has 0 saturated carbocycles. The third-order valence-corrected chi connectivity index (χ3v) is 8.25. The first kappa shape index (κ1) is 29.1. The summed E-state index contributed by atoms with van der Waals surface area (Å²) in [6.07, 6.45) is 4.56. The average molecular weight is 579 g/mol. The predicted octanol–water partition coefficient (Wildman–Crippen LogP) is 5.68. The molecule has 9 nitrogen and oxygen atoms in total. The zero-order valence-electron chi connectivity index (χ0n) is 23.9. The first-order chi connectivity index (χ1) is 19.7. The number of ether oxygens (including phenoxy) is 3. The number of carbonyl (C=O) groups excluding carboxylic acids is 2. The van der Waals surface area contributed by atoms with Crippen LogP contribution in [0, 0.1) is 0 Å². The standard InChI is InChI=1S/C31H38N4O5S/c1-31(2,3)40-28(36)16-21(17-35-18-22(33-34-35)20-41-29-14-8-9-15-38-29)32-30(37)39-19-27-25-12-6-4-10-23(25)24-11-5-7-13-26(24)27/h4-7,10-13,18,21,27,29H,8-9,14-17,19-20H2,1-3H3,(H,32,37)/t21-,29-/m0/s1. The Morgan fingerprint density at radius 2 is 1.80 bits per heavy atom. The van der Waals surface area contributed by atoms with Gasteiger partial charge in [-0.05, 0) is 62.3 Å². The second kappa shape index (κ2) is 13.1. The van der Waals surface area contributed by atoms with Crippen molar-refractivity contribution in [2.45, 2.75) is 81.7 Å². The molecule has 2 aliphatic rings. The first-order valence-electron chi connectivity index (χ1n) is 14.2. The molecule has 2 atom stereocenters. The molecule has 0 bridgehead atoms. The molecule has 10 heteroatoms. The van der Waals surface area contributed by atoms with Crippen LogP contribution in [0.4, 0.5) is 4.79 Å². The number of thioether (sulfide) groups is 1. The molecule has 1 amide bonds. The van der Waals surface area contributed by atoms with Crippen molar-refractivity contribution in [1.82, 2.24) is 20.3 Å².